The van der Waals surface area contributed by atoms with E-state index in [-0.39, 0.29) is 5.56 Å². The highest BCUT2D eigenvalue weighted by Gasteiger charge is 2.57. The molecule has 82 valence electrons. The van der Waals surface area contributed by atoms with Crippen LogP contribution in [0.4, 0.5) is 13.2 Å². The van der Waals surface area contributed by atoms with E-state index in [1.54, 1.807) is 6.07 Å². The minimum atomic E-state index is -4.70. The van der Waals surface area contributed by atoms with Gasteiger partial charge >= 0.3 is 6.18 Å². The average molecular weight is 237 g/mol. The molecule has 5 heteroatoms. The number of hydrogen-bond acceptors (Lipinski definition) is 1. The Labute approximate surface area is 89.9 Å². The molecule has 0 aliphatic carbocycles. The Balaban J connectivity index is 3.32. The lowest BCUT2D eigenvalue weighted by Gasteiger charge is -2.28. The van der Waals surface area contributed by atoms with Crippen molar-refractivity contribution in [2.24, 2.45) is 0 Å². The zero-order valence-electron chi connectivity index (χ0n) is 7.81. The van der Waals surface area contributed by atoms with Gasteiger partial charge in [-0.1, -0.05) is 30.3 Å². The quantitative estimate of drug-likeness (QED) is 0.721. The molecule has 0 aromatic heterocycles. The summed E-state index contributed by atoms with van der Waals surface area (Å²) in [7, 11) is 0. The summed E-state index contributed by atoms with van der Waals surface area (Å²) in [4.78, 5) is 11.0. The van der Waals surface area contributed by atoms with Crippen LogP contribution in [-0.4, -0.2) is 11.4 Å². The third-order valence-electron chi connectivity index (χ3n) is 2.31. The van der Waals surface area contributed by atoms with Gasteiger partial charge in [-0.05, 0) is 24.1 Å². The van der Waals surface area contributed by atoms with E-state index in [1.165, 1.54) is 24.3 Å². The van der Waals surface area contributed by atoms with Gasteiger partial charge in [-0.2, -0.15) is 13.2 Å². The summed E-state index contributed by atoms with van der Waals surface area (Å²) < 4.78 is 38.2. The van der Waals surface area contributed by atoms with Crippen LogP contribution in [0.15, 0.2) is 30.3 Å². The molecule has 1 nitrogen and oxygen atoms in total. The van der Waals surface area contributed by atoms with Gasteiger partial charge in [0.05, 0.1) is 0 Å². The van der Waals surface area contributed by atoms with E-state index in [4.69, 9.17) is 11.6 Å². The molecule has 0 amide bonds. The highest BCUT2D eigenvalue weighted by Crippen LogP contribution is 2.42. The first-order valence-electron chi connectivity index (χ1n) is 4.12. The van der Waals surface area contributed by atoms with Crippen LogP contribution in [0.5, 0.6) is 0 Å². The number of hydrogen-bond donors (Lipinski definition) is 0. The summed E-state index contributed by atoms with van der Waals surface area (Å²) in [6.45, 7) is 0.775. The standard InChI is InChI=1S/C10H8ClF3O/c1-9(8(11)15,10(12,13)14)7-5-3-2-4-6-7/h2-6H,1H3/t9-/m0/s1. The monoisotopic (exact) mass is 236 g/mol. The van der Waals surface area contributed by atoms with Crippen molar-refractivity contribution in [1.29, 1.82) is 0 Å². The van der Waals surface area contributed by atoms with Crippen molar-refractivity contribution < 1.29 is 18.0 Å². The second-order valence-electron chi connectivity index (χ2n) is 3.26. The normalized spacial score (nSPS) is 15.8. The molecule has 0 spiro atoms. The maximum atomic E-state index is 12.7. The Morgan fingerprint density at radius 1 is 1.20 bits per heavy atom. The molecule has 0 bridgehead atoms. The molecular weight excluding hydrogens is 229 g/mol. The van der Waals surface area contributed by atoms with E-state index < -0.39 is 16.8 Å². The zero-order valence-corrected chi connectivity index (χ0v) is 8.56. The van der Waals surface area contributed by atoms with Crippen LogP contribution in [0, 0.1) is 0 Å². The van der Waals surface area contributed by atoms with Gasteiger partial charge in [0.25, 0.3) is 0 Å². The summed E-state index contributed by atoms with van der Waals surface area (Å²) in [6, 6.07) is 6.89. The van der Waals surface area contributed by atoms with E-state index in [0.717, 1.165) is 6.92 Å². The minimum Gasteiger partial charge on any atom is -0.280 e. The molecule has 0 N–H and O–H groups in total. The smallest absolute Gasteiger partial charge is 0.280 e. The van der Waals surface area contributed by atoms with Crippen LogP contribution < -0.4 is 0 Å². The summed E-state index contributed by atoms with van der Waals surface area (Å²) in [5.74, 6) is 0. The lowest BCUT2D eigenvalue weighted by molar-refractivity contribution is -0.185. The average Bonchev–Trinajstić information content (AvgIpc) is 2.16. The fourth-order valence-electron chi connectivity index (χ4n) is 1.16. The van der Waals surface area contributed by atoms with Gasteiger partial charge in [0.15, 0.2) is 5.41 Å². The van der Waals surface area contributed by atoms with Crippen molar-refractivity contribution in [3.05, 3.63) is 35.9 Å². The van der Waals surface area contributed by atoms with E-state index in [2.05, 4.69) is 0 Å². The number of halogens is 4. The van der Waals surface area contributed by atoms with Gasteiger partial charge in [-0.25, -0.2) is 0 Å². The number of carbonyl (C=O) groups is 1. The summed E-state index contributed by atoms with van der Waals surface area (Å²) >= 11 is 5.05. The second kappa shape index (κ2) is 3.85. The van der Waals surface area contributed by atoms with Crippen LogP contribution in [0.25, 0.3) is 0 Å². The van der Waals surface area contributed by atoms with Crippen molar-refractivity contribution in [3.63, 3.8) is 0 Å². The topological polar surface area (TPSA) is 17.1 Å². The molecule has 1 aromatic carbocycles. The molecule has 1 rings (SSSR count). The predicted molar refractivity (Wildman–Crippen MR) is 50.7 cm³/mol. The van der Waals surface area contributed by atoms with Crippen molar-refractivity contribution in [2.45, 2.75) is 18.5 Å². The molecule has 0 radical (unpaired) electrons. The van der Waals surface area contributed by atoms with Gasteiger partial charge in [0, 0.05) is 0 Å². The number of carbonyl (C=O) groups excluding carboxylic acids is 1. The van der Waals surface area contributed by atoms with E-state index >= 15 is 0 Å². The first-order chi connectivity index (χ1) is 6.80. The van der Waals surface area contributed by atoms with Crippen molar-refractivity contribution in [1.82, 2.24) is 0 Å². The summed E-state index contributed by atoms with van der Waals surface area (Å²) in [6.07, 6.45) is -4.70. The van der Waals surface area contributed by atoms with Crippen molar-refractivity contribution in [2.75, 3.05) is 0 Å². The first-order valence-corrected chi connectivity index (χ1v) is 4.50. The fraction of sp³-hybridized carbons (Fsp3) is 0.300. The maximum Gasteiger partial charge on any atom is 0.406 e. The van der Waals surface area contributed by atoms with Crippen molar-refractivity contribution >= 4 is 16.8 Å². The van der Waals surface area contributed by atoms with Gasteiger partial charge in [0.1, 0.15) is 0 Å². The van der Waals surface area contributed by atoms with E-state index in [1.807, 2.05) is 0 Å². The maximum absolute atomic E-state index is 12.7. The lowest BCUT2D eigenvalue weighted by Crippen LogP contribution is -2.44. The van der Waals surface area contributed by atoms with Gasteiger partial charge in [-0.3, -0.25) is 4.79 Å². The summed E-state index contributed by atoms with van der Waals surface area (Å²) in [5.41, 5.74) is -2.80. The molecule has 0 saturated heterocycles. The molecule has 15 heavy (non-hydrogen) atoms. The molecular formula is C10H8ClF3O. The third kappa shape index (κ3) is 2.00. The second-order valence-corrected chi connectivity index (χ2v) is 3.61. The number of alkyl halides is 3. The molecule has 1 atom stereocenters. The van der Waals surface area contributed by atoms with E-state index in [9.17, 15) is 18.0 Å². The third-order valence-corrected chi connectivity index (χ3v) is 2.69. The predicted octanol–water partition coefficient (Wildman–Crippen LogP) is 3.27. The van der Waals surface area contributed by atoms with Gasteiger partial charge in [0.2, 0.25) is 5.24 Å². The Bertz CT molecular complexity index is 361. The molecule has 0 fully saturated rings. The highest BCUT2D eigenvalue weighted by molar-refractivity contribution is 6.65. The van der Waals surface area contributed by atoms with Crippen LogP contribution in [-0.2, 0) is 10.2 Å². The van der Waals surface area contributed by atoms with Crippen LogP contribution in [0.2, 0.25) is 0 Å². The Morgan fingerprint density at radius 3 is 2.00 bits per heavy atom. The largest absolute Gasteiger partial charge is 0.406 e. The molecule has 0 unspecified atom stereocenters. The number of rotatable bonds is 2. The fourth-order valence-corrected chi connectivity index (χ4v) is 1.38. The zero-order chi connectivity index (χ0) is 11.7. The Morgan fingerprint density at radius 2 is 1.67 bits per heavy atom. The lowest BCUT2D eigenvalue weighted by atomic mass is 9.83. The molecule has 0 heterocycles. The highest BCUT2D eigenvalue weighted by atomic mass is 35.5. The molecule has 0 saturated carbocycles. The van der Waals surface area contributed by atoms with Crippen LogP contribution >= 0.6 is 11.6 Å². The van der Waals surface area contributed by atoms with E-state index in [0.29, 0.717) is 0 Å². The Kier molecular flexibility index (Phi) is 3.09. The molecule has 0 aliphatic rings. The minimum absolute atomic E-state index is 0.155. The van der Waals surface area contributed by atoms with Gasteiger partial charge < -0.3 is 0 Å². The van der Waals surface area contributed by atoms with Crippen LogP contribution in [0.1, 0.15) is 12.5 Å². The van der Waals surface area contributed by atoms with Crippen molar-refractivity contribution in [3.8, 4) is 0 Å². The van der Waals surface area contributed by atoms with Crippen LogP contribution in [0.3, 0.4) is 0 Å². The number of benzene rings is 1. The summed E-state index contributed by atoms with van der Waals surface area (Å²) in [5, 5.41) is -1.43. The molecule has 0 aliphatic heterocycles. The molecule has 1 aromatic rings. The first kappa shape index (κ1) is 12.0. The Hall–Kier alpha value is -1.03. The SMILES string of the molecule is C[C@@](C(=O)Cl)(c1ccccc1)C(F)(F)F. The van der Waals surface area contributed by atoms with Gasteiger partial charge in [-0.15, -0.1) is 0 Å².